The first kappa shape index (κ1) is 24.6. The number of aliphatic hydroxyl groups is 1. The van der Waals surface area contributed by atoms with Crippen molar-refractivity contribution in [1.29, 1.82) is 5.39 Å². The van der Waals surface area contributed by atoms with E-state index in [2.05, 4.69) is 30.2 Å². The minimum Gasteiger partial charge on any atom is -0.505 e. The fourth-order valence-corrected chi connectivity index (χ4v) is 3.18. The van der Waals surface area contributed by atoms with Crippen LogP contribution in [0.5, 0.6) is 0 Å². The Balaban J connectivity index is 1.66. The van der Waals surface area contributed by atoms with E-state index >= 15 is 0 Å². The van der Waals surface area contributed by atoms with Crippen molar-refractivity contribution < 1.29 is 19.8 Å². The zero-order valence-corrected chi connectivity index (χ0v) is 18.7. The van der Waals surface area contributed by atoms with Gasteiger partial charge >= 0.3 is 12.2 Å². The van der Waals surface area contributed by atoms with Gasteiger partial charge in [0.05, 0.1) is 18.4 Å². The third-order valence-electron chi connectivity index (χ3n) is 4.97. The molecule has 0 aliphatic rings. The molecule has 0 aliphatic carbocycles. The van der Waals surface area contributed by atoms with Gasteiger partial charge < -0.3 is 31.9 Å². The smallest absolute Gasteiger partial charge is 0.387 e. The molecule has 0 fully saturated rings. The maximum atomic E-state index is 12.5. The van der Waals surface area contributed by atoms with Gasteiger partial charge in [0.1, 0.15) is 6.04 Å². The van der Waals surface area contributed by atoms with Gasteiger partial charge in [0.15, 0.2) is 27.7 Å². The second-order valence-electron chi connectivity index (χ2n) is 7.54. The van der Waals surface area contributed by atoms with Gasteiger partial charge in [-0.2, -0.15) is 9.97 Å². The molecule has 14 heteroatoms. The van der Waals surface area contributed by atoms with Crippen LogP contribution in [-0.4, -0.2) is 55.1 Å². The number of aliphatic carboxylic acids is 1. The summed E-state index contributed by atoms with van der Waals surface area (Å²) >= 11 is 0. The lowest BCUT2D eigenvalue weighted by atomic mass is 10.1. The zero-order valence-electron chi connectivity index (χ0n) is 18.7. The summed E-state index contributed by atoms with van der Waals surface area (Å²) in [5.74, 6) is -2.00. The van der Waals surface area contributed by atoms with Crippen molar-refractivity contribution in [2.75, 3.05) is 23.4 Å². The molecule has 3 aromatic rings. The number of hydrogen-bond donors (Lipinski definition) is 5. The maximum absolute atomic E-state index is 12.5. The van der Waals surface area contributed by atoms with Crippen LogP contribution < -0.4 is 21.7 Å². The SMILES string of the molecule is CN(Cc1cnc2nc(N)nc(N)c2n1)c1ccc(C(=O)N[C@@H](CC/C(O)=C/[N+]#N)C(=O)O)cc1. The number of carbonyl (C=O) groups is 2. The fraction of sp³-hybridized carbons (Fsp3) is 0.238. The van der Waals surface area contributed by atoms with E-state index in [4.69, 9.17) is 16.9 Å². The zero-order chi connectivity index (χ0) is 25.5. The van der Waals surface area contributed by atoms with Crippen molar-refractivity contribution in [2.24, 2.45) is 0 Å². The van der Waals surface area contributed by atoms with E-state index in [0.717, 1.165) is 11.9 Å². The minimum atomic E-state index is -1.26. The molecule has 14 nitrogen and oxygen atoms in total. The van der Waals surface area contributed by atoms with E-state index < -0.39 is 17.9 Å². The van der Waals surface area contributed by atoms with E-state index in [1.165, 1.54) is 0 Å². The molecule has 0 saturated carbocycles. The molecule has 0 saturated heterocycles. The third kappa shape index (κ3) is 6.26. The number of rotatable bonds is 9. The Bertz CT molecular complexity index is 1320. The van der Waals surface area contributed by atoms with Gasteiger partial charge in [-0.3, -0.25) is 4.79 Å². The van der Waals surface area contributed by atoms with Crippen molar-refractivity contribution in [3.8, 4) is 0 Å². The molecule has 0 radical (unpaired) electrons. The van der Waals surface area contributed by atoms with Crippen LogP contribution in [0.2, 0.25) is 0 Å². The van der Waals surface area contributed by atoms with Crippen LogP contribution in [0.15, 0.2) is 42.4 Å². The average Bonchev–Trinajstić information content (AvgIpc) is 2.82. The Hall–Kier alpha value is -5.06. The molecule has 0 aliphatic heterocycles. The number of nitrogens with two attached hydrogens (primary N) is 2. The van der Waals surface area contributed by atoms with Crippen molar-refractivity contribution in [3.05, 3.63) is 58.7 Å². The number of amides is 1. The Morgan fingerprint density at radius 1 is 1.20 bits per heavy atom. The monoisotopic (exact) mass is 479 g/mol. The number of nitrogen functional groups attached to an aromatic ring is 2. The number of carboxylic acid groups (broad SMARTS) is 1. The fourth-order valence-electron chi connectivity index (χ4n) is 3.18. The number of aromatic nitrogens is 4. The van der Waals surface area contributed by atoms with Crippen molar-refractivity contribution in [3.63, 3.8) is 0 Å². The number of carbonyl (C=O) groups excluding carboxylic acids is 1. The molecule has 35 heavy (non-hydrogen) atoms. The summed E-state index contributed by atoms with van der Waals surface area (Å²) in [7, 11) is 1.82. The highest BCUT2D eigenvalue weighted by Crippen LogP contribution is 2.19. The first-order valence-electron chi connectivity index (χ1n) is 10.3. The first-order chi connectivity index (χ1) is 16.7. The molecular formula is C21H23N10O4+. The Kier molecular flexibility index (Phi) is 7.52. The number of nitrogens with one attached hydrogen (secondary N) is 1. The minimum absolute atomic E-state index is 0.0144. The van der Waals surface area contributed by atoms with Gasteiger partial charge in [-0.25, -0.2) is 14.8 Å². The van der Waals surface area contributed by atoms with Gasteiger partial charge in [0.2, 0.25) is 11.3 Å². The quantitative estimate of drug-likeness (QED) is 0.217. The summed E-state index contributed by atoms with van der Waals surface area (Å²) in [6.07, 6.45) is 2.17. The molecule has 1 aromatic carbocycles. The predicted octanol–water partition coefficient (Wildman–Crippen LogP) is 1.44. The highest BCUT2D eigenvalue weighted by molar-refractivity contribution is 5.96. The normalized spacial score (nSPS) is 12.1. The standard InChI is InChI=1S/C21H22N10O4/c1-31(10-12-8-25-18-16(27-12)17(22)29-21(23)30-18)13-4-2-11(3-5-13)19(33)28-15(20(34)35)7-6-14(32)9-26-24/h2-5,8-9,15H,6-7,10H2,1H3,(H6-,22,23,25,28,29,30,32,33,34,35)/p+1/b14-9-/t15-/m0/s1. The van der Waals surface area contributed by atoms with Crippen LogP contribution in [-0.2, 0) is 11.3 Å². The number of hydrogen-bond acceptors (Lipinski definition) is 11. The molecule has 0 spiro atoms. The van der Waals surface area contributed by atoms with Gasteiger partial charge in [-0.1, -0.05) is 0 Å². The summed E-state index contributed by atoms with van der Waals surface area (Å²) in [5, 5.41) is 29.6. The molecule has 1 amide bonds. The molecule has 3 rings (SSSR count). The molecule has 2 aromatic heterocycles. The largest absolute Gasteiger partial charge is 0.505 e. The lowest BCUT2D eigenvalue weighted by Gasteiger charge is -2.19. The van der Waals surface area contributed by atoms with E-state index in [-0.39, 0.29) is 35.9 Å². The number of fused-ring (bicyclic) bond motifs is 1. The summed E-state index contributed by atoms with van der Waals surface area (Å²) in [4.78, 5) is 45.0. The van der Waals surface area contributed by atoms with E-state index in [1.807, 2.05) is 11.9 Å². The summed E-state index contributed by atoms with van der Waals surface area (Å²) < 4.78 is 0. The summed E-state index contributed by atoms with van der Waals surface area (Å²) in [6, 6.07) is 5.28. The Morgan fingerprint density at radius 2 is 1.91 bits per heavy atom. The van der Waals surface area contributed by atoms with Gasteiger partial charge in [0, 0.05) is 24.7 Å². The number of carboxylic acids is 1. The van der Waals surface area contributed by atoms with Crippen LogP contribution in [0.4, 0.5) is 17.5 Å². The number of benzene rings is 1. The Labute approximate surface area is 199 Å². The second-order valence-corrected chi connectivity index (χ2v) is 7.54. The number of aliphatic hydroxyl groups excluding tert-OH is 1. The van der Waals surface area contributed by atoms with Gasteiger partial charge in [-0.05, 0) is 30.7 Å². The molecular weight excluding hydrogens is 456 g/mol. The lowest BCUT2D eigenvalue weighted by molar-refractivity contribution is -0.139. The van der Waals surface area contributed by atoms with E-state index in [0.29, 0.717) is 23.4 Å². The molecule has 0 unspecified atom stereocenters. The van der Waals surface area contributed by atoms with Crippen LogP contribution in [0.1, 0.15) is 28.9 Å². The summed E-state index contributed by atoms with van der Waals surface area (Å²) in [6.45, 7) is 0.372. The van der Waals surface area contributed by atoms with Crippen LogP contribution in [0.3, 0.4) is 0 Å². The van der Waals surface area contributed by atoms with Gasteiger partial charge in [0.25, 0.3) is 5.91 Å². The van der Waals surface area contributed by atoms with Crippen LogP contribution >= 0.6 is 0 Å². The van der Waals surface area contributed by atoms with Gasteiger partial charge in [-0.15, -0.1) is 0 Å². The number of nitrogens with zero attached hydrogens (tertiary/aromatic N) is 7. The number of anilines is 3. The van der Waals surface area contributed by atoms with E-state index in [9.17, 15) is 19.8 Å². The molecule has 0 bridgehead atoms. The predicted molar refractivity (Wildman–Crippen MR) is 126 cm³/mol. The molecule has 1 atom stereocenters. The van der Waals surface area contributed by atoms with Crippen LogP contribution in [0.25, 0.3) is 16.1 Å². The second kappa shape index (κ2) is 10.7. The molecule has 7 N–H and O–H groups in total. The van der Waals surface area contributed by atoms with Crippen molar-refractivity contribution in [1.82, 2.24) is 25.3 Å². The Morgan fingerprint density at radius 3 is 2.57 bits per heavy atom. The molecule has 180 valence electrons. The van der Waals surface area contributed by atoms with E-state index in [1.54, 1.807) is 30.5 Å². The first-order valence-corrected chi connectivity index (χ1v) is 10.3. The lowest BCUT2D eigenvalue weighted by Crippen LogP contribution is -2.40. The number of diazo groups is 1. The van der Waals surface area contributed by atoms with Crippen molar-refractivity contribution >= 4 is 40.5 Å². The highest BCUT2D eigenvalue weighted by Gasteiger charge is 2.21. The maximum Gasteiger partial charge on any atom is 0.387 e. The topological polar surface area (TPSA) is 222 Å². The third-order valence-corrected chi connectivity index (χ3v) is 4.97. The highest BCUT2D eigenvalue weighted by atomic mass is 16.4. The molecule has 2 heterocycles. The number of allylic oxidation sites excluding steroid dienone is 1. The summed E-state index contributed by atoms with van der Waals surface area (Å²) in [5.41, 5.74) is 13.7. The van der Waals surface area contributed by atoms with Crippen molar-refractivity contribution in [2.45, 2.75) is 25.4 Å². The average molecular weight is 479 g/mol. The van der Waals surface area contributed by atoms with Crippen LogP contribution in [0, 0.1) is 5.39 Å².